The van der Waals surface area contributed by atoms with Gasteiger partial charge in [0.1, 0.15) is 12.4 Å². The largest absolute Gasteiger partial charge is 0.490 e. The molecule has 0 aliphatic carbocycles. The van der Waals surface area contributed by atoms with E-state index < -0.39 is 0 Å². The Morgan fingerprint density at radius 2 is 1.89 bits per heavy atom. The van der Waals surface area contributed by atoms with Gasteiger partial charge in [0.05, 0.1) is 24.5 Å². The Labute approximate surface area is 211 Å². The number of benzene rings is 2. The Hall–Kier alpha value is -3.65. The average molecular weight is 494 g/mol. The van der Waals surface area contributed by atoms with Crippen LogP contribution >= 0.6 is 0 Å². The van der Waals surface area contributed by atoms with Gasteiger partial charge in [-0.05, 0) is 62.7 Å². The third kappa shape index (κ3) is 6.51. The number of aromatic nitrogens is 1. The van der Waals surface area contributed by atoms with Gasteiger partial charge in [-0.15, -0.1) is 0 Å². The SMILES string of the molecule is CCOc1cc(C(=O)NCc2ccc(N3CC(C)OC(C)C3)c(F)c2)ccc1OCc1cccnc1. The van der Waals surface area contributed by atoms with Crippen LogP contribution in [0.15, 0.2) is 60.9 Å². The van der Waals surface area contributed by atoms with Crippen molar-refractivity contribution < 1.29 is 23.4 Å². The lowest BCUT2D eigenvalue weighted by atomic mass is 10.1. The Kier molecular flexibility index (Phi) is 8.38. The molecular formula is C28H32FN3O4. The number of nitrogens with one attached hydrogen (secondary N) is 1. The fourth-order valence-electron chi connectivity index (χ4n) is 4.26. The van der Waals surface area contributed by atoms with Gasteiger partial charge in [0.2, 0.25) is 0 Å². The van der Waals surface area contributed by atoms with Gasteiger partial charge in [-0.25, -0.2) is 4.39 Å². The summed E-state index contributed by atoms with van der Waals surface area (Å²) in [5.41, 5.74) is 2.59. The topological polar surface area (TPSA) is 72.9 Å². The number of hydrogen-bond acceptors (Lipinski definition) is 6. The Morgan fingerprint density at radius 3 is 2.58 bits per heavy atom. The molecule has 0 spiro atoms. The highest BCUT2D eigenvalue weighted by Gasteiger charge is 2.24. The van der Waals surface area contributed by atoms with Crippen molar-refractivity contribution >= 4 is 11.6 Å². The number of rotatable bonds is 9. The molecule has 8 heteroatoms. The summed E-state index contributed by atoms with van der Waals surface area (Å²) < 4.78 is 32.2. The van der Waals surface area contributed by atoms with Crippen LogP contribution in [0.1, 0.15) is 42.3 Å². The molecule has 1 N–H and O–H groups in total. The van der Waals surface area contributed by atoms with Gasteiger partial charge in [-0.3, -0.25) is 9.78 Å². The summed E-state index contributed by atoms with van der Waals surface area (Å²) in [7, 11) is 0. The zero-order valence-corrected chi connectivity index (χ0v) is 20.9. The molecule has 2 atom stereocenters. The molecule has 2 unspecified atom stereocenters. The van der Waals surface area contributed by atoms with E-state index in [1.807, 2.05) is 43.9 Å². The van der Waals surface area contributed by atoms with Crippen molar-refractivity contribution in [2.45, 2.75) is 46.1 Å². The summed E-state index contributed by atoms with van der Waals surface area (Å²) >= 11 is 0. The zero-order chi connectivity index (χ0) is 25.5. The van der Waals surface area contributed by atoms with Gasteiger partial charge < -0.3 is 24.4 Å². The van der Waals surface area contributed by atoms with Gasteiger partial charge in [-0.1, -0.05) is 12.1 Å². The lowest BCUT2D eigenvalue weighted by Gasteiger charge is -2.37. The normalized spacial score (nSPS) is 17.5. The maximum absolute atomic E-state index is 14.9. The Bertz CT molecular complexity index is 1160. The summed E-state index contributed by atoms with van der Waals surface area (Å²) in [6.07, 6.45) is 3.53. The van der Waals surface area contributed by atoms with Crippen LogP contribution in [0.2, 0.25) is 0 Å². The minimum Gasteiger partial charge on any atom is -0.490 e. The van der Waals surface area contributed by atoms with Crippen LogP contribution in [0.4, 0.5) is 10.1 Å². The summed E-state index contributed by atoms with van der Waals surface area (Å²) in [6, 6.07) is 13.9. The van der Waals surface area contributed by atoms with E-state index in [1.165, 1.54) is 6.07 Å². The number of amides is 1. The zero-order valence-electron chi connectivity index (χ0n) is 20.9. The molecule has 190 valence electrons. The maximum atomic E-state index is 14.9. The second-order valence-electron chi connectivity index (χ2n) is 8.88. The maximum Gasteiger partial charge on any atom is 0.251 e. The van der Waals surface area contributed by atoms with Gasteiger partial charge >= 0.3 is 0 Å². The number of halogens is 1. The van der Waals surface area contributed by atoms with E-state index in [-0.39, 0.29) is 30.5 Å². The molecule has 2 aromatic carbocycles. The number of ether oxygens (including phenoxy) is 3. The van der Waals surface area contributed by atoms with Crippen molar-refractivity contribution in [1.82, 2.24) is 10.3 Å². The molecule has 0 radical (unpaired) electrons. The molecule has 0 saturated carbocycles. The molecule has 1 aliphatic heterocycles. The van der Waals surface area contributed by atoms with Crippen LogP contribution in [0.3, 0.4) is 0 Å². The monoisotopic (exact) mass is 493 g/mol. The third-order valence-corrected chi connectivity index (χ3v) is 5.85. The minimum atomic E-state index is -0.309. The van der Waals surface area contributed by atoms with Gasteiger partial charge in [0.25, 0.3) is 5.91 Å². The molecule has 4 rings (SSSR count). The van der Waals surface area contributed by atoms with Crippen LogP contribution in [-0.4, -0.2) is 42.8 Å². The Balaban J connectivity index is 1.38. The number of pyridine rings is 1. The van der Waals surface area contributed by atoms with E-state index in [0.717, 1.165) is 5.56 Å². The third-order valence-electron chi connectivity index (χ3n) is 5.85. The summed E-state index contributed by atoms with van der Waals surface area (Å²) in [5, 5.41) is 2.86. The van der Waals surface area contributed by atoms with Crippen LogP contribution in [0.25, 0.3) is 0 Å². The second kappa shape index (κ2) is 11.9. The first-order chi connectivity index (χ1) is 17.4. The summed E-state index contributed by atoms with van der Waals surface area (Å²) in [6.45, 7) is 8.10. The Morgan fingerprint density at radius 1 is 1.08 bits per heavy atom. The van der Waals surface area contributed by atoms with Crippen molar-refractivity contribution in [3.8, 4) is 11.5 Å². The quantitative estimate of drug-likeness (QED) is 0.464. The predicted octanol–water partition coefficient (Wildman–Crippen LogP) is 4.74. The van der Waals surface area contributed by atoms with Crippen molar-refractivity contribution in [3.63, 3.8) is 0 Å². The number of carbonyl (C=O) groups excluding carboxylic acids is 1. The lowest BCUT2D eigenvalue weighted by molar-refractivity contribution is -0.00539. The number of nitrogens with zero attached hydrogens (tertiary/aromatic N) is 2. The van der Waals surface area contributed by atoms with Crippen molar-refractivity contribution in [3.05, 3.63) is 83.4 Å². The molecule has 7 nitrogen and oxygen atoms in total. The molecule has 1 aliphatic rings. The van der Waals surface area contributed by atoms with Crippen molar-refractivity contribution in [2.75, 3.05) is 24.6 Å². The standard InChI is InChI=1S/C28H32FN3O4/c1-4-34-27-13-23(8-10-26(27)35-18-22-6-5-11-30-14-22)28(33)31-15-21-7-9-25(24(29)12-21)32-16-19(2)36-20(3)17-32/h5-14,19-20H,4,15-18H2,1-3H3,(H,31,33). The number of hydrogen-bond donors (Lipinski definition) is 1. The highest BCUT2D eigenvalue weighted by molar-refractivity contribution is 5.94. The van der Waals surface area contributed by atoms with E-state index in [9.17, 15) is 9.18 Å². The van der Waals surface area contributed by atoms with E-state index in [2.05, 4.69) is 10.3 Å². The average Bonchev–Trinajstić information content (AvgIpc) is 2.86. The number of anilines is 1. The highest BCUT2D eigenvalue weighted by atomic mass is 19.1. The number of morpholine rings is 1. The molecule has 1 fully saturated rings. The summed E-state index contributed by atoms with van der Waals surface area (Å²) in [5.74, 6) is 0.437. The van der Waals surface area contributed by atoms with E-state index >= 15 is 0 Å². The van der Waals surface area contributed by atoms with Crippen LogP contribution in [0, 0.1) is 5.82 Å². The minimum absolute atomic E-state index is 0.0424. The summed E-state index contributed by atoms with van der Waals surface area (Å²) in [4.78, 5) is 18.9. The molecule has 1 aromatic heterocycles. The first kappa shape index (κ1) is 25.4. The van der Waals surface area contributed by atoms with Crippen molar-refractivity contribution in [1.29, 1.82) is 0 Å². The first-order valence-corrected chi connectivity index (χ1v) is 12.2. The van der Waals surface area contributed by atoms with Crippen molar-refractivity contribution in [2.24, 2.45) is 0 Å². The fourth-order valence-corrected chi connectivity index (χ4v) is 4.26. The molecular weight excluding hydrogens is 461 g/mol. The fraction of sp³-hybridized carbons (Fsp3) is 0.357. The molecule has 2 heterocycles. The molecule has 1 saturated heterocycles. The smallest absolute Gasteiger partial charge is 0.251 e. The van der Waals surface area contributed by atoms with E-state index in [1.54, 1.807) is 36.7 Å². The lowest BCUT2D eigenvalue weighted by Crippen LogP contribution is -2.45. The first-order valence-electron chi connectivity index (χ1n) is 12.2. The van der Waals surface area contributed by atoms with Crippen LogP contribution in [-0.2, 0) is 17.9 Å². The van der Waals surface area contributed by atoms with Gasteiger partial charge in [0.15, 0.2) is 11.5 Å². The van der Waals surface area contributed by atoms with Crippen LogP contribution in [0.5, 0.6) is 11.5 Å². The van der Waals surface area contributed by atoms with Crippen LogP contribution < -0.4 is 19.7 Å². The molecule has 1 amide bonds. The predicted molar refractivity (Wildman–Crippen MR) is 136 cm³/mol. The number of carbonyl (C=O) groups is 1. The van der Waals surface area contributed by atoms with E-state index in [0.29, 0.717) is 54.6 Å². The molecule has 36 heavy (non-hydrogen) atoms. The second-order valence-corrected chi connectivity index (χ2v) is 8.88. The molecule has 3 aromatic rings. The molecule has 0 bridgehead atoms. The van der Waals surface area contributed by atoms with Gasteiger partial charge in [-0.2, -0.15) is 0 Å². The highest BCUT2D eigenvalue weighted by Crippen LogP contribution is 2.29. The van der Waals surface area contributed by atoms with E-state index in [4.69, 9.17) is 14.2 Å². The van der Waals surface area contributed by atoms with Gasteiger partial charge in [0, 0.05) is 43.2 Å².